The van der Waals surface area contributed by atoms with Crippen molar-refractivity contribution >= 4 is 26.9 Å². The highest BCUT2D eigenvalue weighted by atomic mass is 32.2. The lowest BCUT2D eigenvalue weighted by atomic mass is 10.2. The van der Waals surface area contributed by atoms with Crippen molar-refractivity contribution in [2.45, 2.75) is 6.42 Å². The van der Waals surface area contributed by atoms with Gasteiger partial charge in [0.2, 0.25) is 0 Å². The number of hydrogen-bond acceptors (Lipinski definition) is 7. The van der Waals surface area contributed by atoms with E-state index >= 15 is 0 Å². The topological polar surface area (TPSA) is 127 Å². The number of benzene rings is 1. The minimum atomic E-state index is -2.99. The molecule has 0 atom stereocenters. The number of non-ortho nitro benzene ring substituents is 1. The summed E-state index contributed by atoms with van der Waals surface area (Å²) in [6.07, 6.45) is 1.59. The summed E-state index contributed by atoms with van der Waals surface area (Å²) in [5.74, 6) is 5.29. The van der Waals surface area contributed by atoms with E-state index in [-0.39, 0.29) is 11.4 Å². The second kappa shape index (κ2) is 6.34. The van der Waals surface area contributed by atoms with Gasteiger partial charge in [0, 0.05) is 30.6 Å². The lowest BCUT2D eigenvalue weighted by molar-refractivity contribution is -0.384. The van der Waals surface area contributed by atoms with E-state index in [4.69, 9.17) is 5.84 Å². The molecule has 0 heterocycles. The largest absolute Gasteiger partial charge is 0.385 e. The van der Waals surface area contributed by atoms with Gasteiger partial charge in [-0.3, -0.25) is 16.0 Å². The molecule has 0 saturated heterocycles. The van der Waals surface area contributed by atoms with Gasteiger partial charge in [-0.25, -0.2) is 8.42 Å². The maximum absolute atomic E-state index is 10.9. The van der Waals surface area contributed by atoms with Gasteiger partial charge < -0.3 is 10.7 Å². The second-order valence-electron chi connectivity index (χ2n) is 4.08. The third kappa shape index (κ3) is 5.53. The van der Waals surface area contributed by atoms with Crippen molar-refractivity contribution in [2.24, 2.45) is 5.84 Å². The van der Waals surface area contributed by atoms with Crippen molar-refractivity contribution in [2.75, 3.05) is 29.3 Å². The summed E-state index contributed by atoms with van der Waals surface area (Å²) >= 11 is 0. The third-order valence-corrected chi connectivity index (χ3v) is 3.35. The molecule has 0 aromatic heterocycles. The average Bonchev–Trinajstić information content (AvgIpc) is 2.33. The number of anilines is 2. The molecule has 9 heteroatoms. The minimum absolute atomic E-state index is 0.0664. The van der Waals surface area contributed by atoms with Crippen LogP contribution in [0.15, 0.2) is 18.2 Å². The number of nitro groups is 1. The molecule has 4 N–H and O–H groups in total. The Morgan fingerprint density at radius 2 is 1.95 bits per heavy atom. The van der Waals surface area contributed by atoms with E-state index in [1.165, 1.54) is 12.1 Å². The normalized spacial score (nSPS) is 11.1. The summed E-state index contributed by atoms with van der Waals surface area (Å²) in [6.45, 7) is 0.401. The van der Waals surface area contributed by atoms with Crippen LogP contribution in [0.5, 0.6) is 0 Å². The van der Waals surface area contributed by atoms with Crippen LogP contribution in [-0.4, -0.2) is 31.9 Å². The van der Waals surface area contributed by atoms with Crippen molar-refractivity contribution in [3.8, 4) is 0 Å². The van der Waals surface area contributed by atoms with Gasteiger partial charge in [-0.05, 0) is 12.5 Å². The number of sulfone groups is 1. The Bertz CT molecular complexity index is 559. The van der Waals surface area contributed by atoms with Gasteiger partial charge in [-0.1, -0.05) is 0 Å². The average molecular weight is 288 g/mol. The van der Waals surface area contributed by atoms with Crippen LogP contribution in [0.2, 0.25) is 0 Å². The second-order valence-corrected chi connectivity index (χ2v) is 6.34. The molecule has 0 spiro atoms. The molecule has 0 aliphatic carbocycles. The SMILES string of the molecule is CS(=O)(=O)CCCNc1cc(NN)cc([N+](=O)[O-])c1. The highest BCUT2D eigenvalue weighted by Gasteiger charge is 2.09. The first-order valence-electron chi connectivity index (χ1n) is 5.49. The smallest absolute Gasteiger partial charge is 0.273 e. The zero-order valence-electron chi connectivity index (χ0n) is 10.4. The van der Waals surface area contributed by atoms with E-state index in [0.717, 1.165) is 6.26 Å². The quantitative estimate of drug-likeness (QED) is 0.292. The maximum atomic E-state index is 10.9. The van der Waals surface area contributed by atoms with E-state index in [2.05, 4.69) is 10.7 Å². The molecule has 8 nitrogen and oxygen atoms in total. The number of nitrogen functional groups attached to an aromatic ring is 1. The van der Waals surface area contributed by atoms with Crippen LogP contribution >= 0.6 is 0 Å². The van der Waals surface area contributed by atoms with Gasteiger partial charge in [-0.2, -0.15) is 0 Å². The van der Waals surface area contributed by atoms with Crippen molar-refractivity contribution < 1.29 is 13.3 Å². The van der Waals surface area contributed by atoms with E-state index in [1.807, 2.05) is 0 Å². The summed E-state index contributed by atoms with van der Waals surface area (Å²) in [4.78, 5) is 10.2. The molecule has 19 heavy (non-hydrogen) atoms. The molecular formula is C10H16N4O4S. The molecule has 0 unspecified atom stereocenters. The van der Waals surface area contributed by atoms with Crippen LogP contribution < -0.4 is 16.6 Å². The lowest BCUT2D eigenvalue weighted by Gasteiger charge is -2.08. The van der Waals surface area contributed by atoms with Gasteiger partial charge in [0.05, 0.1) is 16.4 Å². The Labute approximate surface area is 111 Å². The highest BCUT2D eigenvalue weighted by molar-refractivity contribution is 7.90. The fourth-order valence-electron chi connectivity index (χ4n) is 1.47. The predicted octanol–water partition coefficient (Wildman–Crippen LogP) is 0.727. The Morgan fingerprint density at radius 3 is 2.47 bits per heavy atom. The molecule has 0 fully saturated rings. The number of hydrogen-bond donors (Lipinski definition) is 3. The molecule has 0 aliphatic heterocycles. The van der Waals surface area contributed by atoms with E-state index in [1.54, 1.807) is 6.07 Å². The van der Waals surface area contributed by atoms with E-state index in [0.29, 0.717) is 24.3 Å². The Morgan fingerprint density at radius 1 is 1.32 bits per heavy atom. The van der Waals surface area contributed by atoms with Crippen LogP contribution in [0.4, 0.5) is 17.1 Å². The number of nitro benzene ring substituents is 1. The Balaban J connectivity index is 2.67. The lowest BCUT2D eigenvalue weighted by Crippen LogP contribution is -2.11. The Kier molecular flexibility index (Phi) is 5.07. The fourth-order valence-corrected chi connectivity index (χ4v) is 2.14. The van der Waals surface area contributed by atoms with Crippen LogP contribution in [0.3, 0.4) is 0 Å². The number of hydrazine groups is 1. The van der Waals surface area contributed by atoms with Gasteiger partial charge in [0.15, 0.2) is 0 Å². The first-order chi connectivity index (χ1) is 8.81. The molecule has 0 bridgehead atoms. The van der Waals surface area contributed by atoms with Crippen molar-refractivity contribution in [3.05, 3.63) is 28.3 Å². The molecule has 1 aromatic rings. The minimum Gasteiger partial charge on any atom is -0.385 e. The summed E-state index contributed by atoms with van der Waals surface area (Å²) in [5.41, 5.74) is 3.15. The molecule has 0 aliphatic rings. The van der Waals surface area contributed by atoms with Gasteiger partial charge in [0.25, 0.3) is 5.69 Å². The van der Waals surface area contributed by atoms with Crippen molar-refractivity contribution in [3.63, 3.8) is 0 Å². The van der Waals surface area contributed by atoms with Gasteiger partial charge >= 0.3 is 0 Å². The first-order valence-corrected chi connectivity index (χ1v) is 7.55. The molecule has 0 radical (unpaired) electrons. The molecular weight excluding hydrogens is 272 g/mol. The number of nitrogens with one attached hydrogen (secondary N) is 2. The zero-order chi connectivity index (χ0) is 14.5. The van der Waals surface area contributed by atoms with Crippen LogP contribution in [0, 0.1) is 10.1 Å². The summed E-state index contributed by atoms with van der Waals surface area (Å²) in [7, 11) is -2.99. The molecule has 0 saturated carbocycles. The fraction of sp³-hybridized carbons (Fsp3) is 0.400. The number of nitrogens with two attached hydrogens (primary N) is 1. The van der Waals surface area contributed by atoms with Crippen LogP contribution in [0.1, 0.15) is 6.42 Å². The highest BCUT2D eigenvalue weighted by Crippen LogP contribution is 2.23. The summed E-state index contributed by atoms with van der Waals surface area (Å²) in [5, 5.41) is 13.6. The van der Waals surface area contributed by atoms with E-state index < -0.39 is 14.8 Å². The first kappa shape index (κ1) is 15.2. The van der Waals surface area contributed by atoms with Crippen molar-refractivity contribution in [1.29, 1.82) is 0 Å². The molecule has 0 amide bonds. The molecule has 1 rings (SSSR count). The summed E-state index contributed by atoms with van der Waals surface area (Å²) in [6, 6.07) is 4.27. The number of nitrogens with zero attached hydrogens (tertiary/aromatic N) is 1. The predicted molar refractivity (Wildman–Crippen MR) is 73.7 cm³/mol. The van der Waals surface area contributed by atoms with Crippen LogP contribution in [-0.2, 0) is 9.84 Å². The monoisotopic (exact) mass is 288 g/mol. The third-order valence-electron chi connectivity index (χ3n) is 2.32. The molecule has 1 aromatic carbocycles. The van der Waals surface area contributed by atoms with Crippen LogP contribution in [0.25, 0.3) is 0 Å². The van der Waals surface area contributed by atoms with Crippen molar-refractivity contribution in [1.82, 2.24) is 0 Å². The zero-order valence-corrected chi connectivity index (χ0v) is 11.2. The number of rotatable bonds is 7. The summed E-state index contributed by atoms with van der Waals surface area (Å²) < 4.78 is 21.9. The molecule has 106 valence electrons. The standard InChI is InChI=1S/C10H16N4O4S/c1-19(17,18)4-2-3-12-8-5-9(13-11)7-10(6-8)14(15)16/h5-7,12-13H,2-4,11H2,1H3. The van der Waals surface area contributed by atoms with E-state index in [9.17, 15) is 18.5 Å². The Hall–Kier alpha value is -1.87. The maximum Gasteiger partial charge on any atom is 0.273 e. The van der Waals surface area contributed by atoms with Gasteiger partial charge in [-0.15, -0.1) is 0 Å². The van der Waals surface area contributed by atoms with Gasteiger partial charge in [0.1, 0.15) is 9.84 Å².